The van der Waals surface area contributed by atoms with E-state index in [2.05, 4.69) is 47.6 Å². The molecular formula is C16H26N2OS. The molecule has 1 amide bonds. The highest BCUT2D eigenvalue weighted by Gasteiger charge is 2.35. The average Bonchev–Trinajstić information content (AvgIpc) is 3.05. The van der Waals surface area contributed by atoms with Crippen LogP contribution in [0.1, 0.15) is 31.7 Å². The first-order valence-corrected chi connectivity index (χ1v) is 8.51. The summed E-state index contributed by atoms with van der Waals surface area (Å²) in [7, 11) is 4.26. The van der Waals surface area contributed by atoms with E-state index in [1.54, 1.807) is 11.3 Å². The number of carbonyl (C=O) groups excluding carboxylic acids is 1. The molecule has 112 valence electrons. The van der Waals surface area contributed by atoms with Gasteiger partial charge in [0.1, 0.15) is 0 Å². The van der Waals surface area contributed by atoms with E-state index in [0.29, 0.717) is 24.3 Å². The number of rotatable bonds is 6. The third kappa shape index (κ3) is 3.83. The Morgan fingerprint density at radius 1 is 1.45 bits per heavy atom. The first-order chi connectivity index (χ1) is 9.61. The number of amides is 1. The fraction of sp³-hybridized carbons (Fsp3) is 0.688. The molecule has 1 aromatic heterocycles. The first-order valence-electron chi connectivity index (χ1n) is 7.57. The van der Waals surface area contributed by atoms with Gasteiger partial charge in [-0.1, -0.05) is 13.3 Å². The van der Waals surface area contributed by atoms with E-state index >= 15 is 0 Å². The Kier molecular flexibility index (Phi) is 5.61. The van der Waals surface area contributed by atoms with E-state index in [9.17, 15) is 4.79 Å². The van der Waals surface area contributed by atoms with Crippen molar-refractivity contribution in [2.75, 3.05) is 27.2 Å². The Balaban J connectivity index is 1.87. The van der Waals surface area contributed by atoms with Gasteiger partial charge in [0, 0.05) is 25.6 Å². The molecule has 2 heterocycles. The second kappa shape index (κ2) is 7.23. The summed E-state index contributed by atoms with van der Waals surface area (Å²) >= 11 is 1.70. The number of likely N-dealkylation sites (N-methyl/N-ethyl adjacent to an activating group) is 1. The predicted octanol–water partition coefficient (Wildman–Crippen LogP) is 2.87. The zero-order chi connectivity index (χ0) is 14.5. The summed E-state index contributed by atoms with van der Waals surface area (Å²) in [5.74, 6) is 0.960. The molecule has 0 saturated carbocycles. The molecule has 0 unspecified atom stereocenters. The summed E-state index contributed by atoms with van der Waals surface area (Å²) < 4.78 is 0. The number of hydrogen-bond donors (Lipinski definition) is 0. The fourth-order valence-electron chi connectivity index (χ4n) is 3.14. The third-order valence-corrected chi connectivity index (χ3v) is 5.02. The zero-order valence-corrected chi connectivity index (χ0v) is 13.7. The van der Waals surface area contributed by atoms with Gasteiger partial charge in [0.25, 0.3) is 0 Å². The van der Waals surface area contributed by atoms with Crippen molar-refractivity contribution in [1.82, 2.24) is 9.80 Å². The molecule has 3 nitrogen and oxygen atoms in total. The molecule has 0 aromatic carbocycles. The van der Waals surface area contributed by atoms with Crippen LogP contribution in [0.15, 0.2) is 16.8 Å². The van der Waals surface area contributed by atoms with Crippen LogP contribution >= 0.6 is 11.3 Å². The lowest BCUT2D eigenvalue weighted by Crippen LogP contribution is -2.36. The minimum absolute atomic E-state index is 0.321. The van der Waals surface area contributed by atoms with Gasteiger partial charge in [0.2, 0.25) is 5.91 Å². The molecule has 0 spiro atoms. The van der Waals surface area contributed by atoms with Crippen LogP contribution in [-0.2, 0) is 11.2 Å². The topological polar surface area (TPSA) is 23.6 Å². The number of thiophene rings is 1. The molecule has 4 heteroatoms. The van der Waals surface area contributed by atoms with Crippen LogP contribution in [0.5, 0.6) is 0 Å². The van der Waals surface area contributed by atoms with Crippen LogP contribution in [-0.4, -0.2) is 48.9 Å². The van der Waals surface area contributed by atoms with Gasteiger partial charge in [-0.3, -0.25) is 4.79 Å². The van der Waals surface area contributed by atoms with Gasteiger partial charge in [-0.05, 0) is 55.2 Å². The minimum Gasteiger partial charge on any atom is -0.341 e. The standard InChI is InChI=1S/C16H26N2OS/c1-4-5-14-10-18(11-15(14)17(2)3)16(19)7-6-13-8-9-20-12-13/h8-9,12,14-15H,4-7,10-11H2,1-3H3/t14-,15-/m0/s1. The third-order valence-electron chi connectivity index (χ3n) is 4.29. The Hall–Kier alpha value is -0.870. The summed E-state index contributed by atoms with van der Waals surface area (Å²) in [6.45, 7) is 4.08. The number of carbonyl (C=O) groups is 1. The summed E-state index contributed by atoms with van der Waals surface area (Å²) in [5.41, 5.74) is 1.29. The minimum atomic E-state index is 0.321. The highest BCUT2D eigenvalue weighted by molar-refractivity contribution is 7.07. The monoisotopic (exact) mass is 294 g/mol. The second-order valence-electron chi connectivity index (χ2n) is 6.01. The molecule has 2 atom stereocenters. The van der Waals surface area contributed by atoms with Crippen LogP contribution in [0.25, 0.3) is 0 Å². The molecule has 0 radical (unpaired) electrons. The molecule has 20 heavy (non-hydrogen) atoms. The van der Waals surface area contributed by atoms with Crippen molar-refractivity contribution in [3.05, 3.63) is 22.4 Å². The van der Waals surface area contributed by atoms with E-state index < -0.39 is 0 Å². The molecule has 1 saturated heterocycles. The maximum Gasteiger partial charge on any atom is 0.222 e. The van der Waals surface area contributed by atoms with Gasteiger partial charge in [0.15, 0.2) is 0 Å². The Bertz CT molecular complexity index is 416. The van der Waals surface area contributed by atoms with Crippen LogP contribution in [0.4, 0.5) is 0 Å². The summed E-state index contributed by atoms with van der Waals surface area (Å²) in [5, 5.41) is 4.22. The van der Waals surface area contributed by atoms with Crippen molar-refractivity contribution < 1.29 is 4.79 Å². The van der Waals surface area contributed by atoms with Crippen molar-refractivity contribution >= 4 is 17.2 Å². The maximum atomic E-state index is 12.4. The number of likely N-dealkylation sites (tertiary alicyclic amines) is 1. The quantitative estimate of drug-likeness (QED) is 0.805. The molecule has 0 bridgehead atoms. The van der Waals surface area contributed by atoms with E-state index in [-0.39, 0.29) is 0 Å². The highest BCUT2D eigenvalue weighted by atomic mass is 32.1. The van der Waals surface area contributed by atoms with Crippen LogP contribution < -0.4 is 0 Å². The van der Waals surface area contributed by atoms with Crippen molar-refractivity contribution in [1.29, 1.82) is 0 Å². The van der Waals surface area contributed by atoms with E-state index in [1.165, 1.54) is 18.4 Å². The first kappa shape index (κ1) is 15.5. The molecule has 0 N–H and O–H groups in total. The van der Waals surface area contributed by atoms with E-state index in [0.717, 1.165) is 19.5 Å². The molecule has 1 aromatic rings. The van der Waals surface area contributed by atoms with Gasteiger partial charge in [0.05, 0.1) is 0 Å². The lowest BCUT2D eigenvalue weighted by atomic mass is 9.98. The SMILES string of the molecule is CCC[C@H]1CN(C(=O)CCc2ccsc2)C[C@@H]1N(C)C. The van der Waals surface area contributed by atoms with Crippen molar-refractivity contribution in [2.45, 2.75) is 38.6 Å². The van der Waals surface area contributed by atoms with Crippen LogP contribution in [0, 0.1) is 5.92 Å². The van der Waals surface area contributed by atoms with E-state index in [4.69, 9.17) is 0 Å². The number of hydrogen-bond acceptors (Lipinski definition) is 3. The number of aryl methyl sites for hydroxylation is 1. The van der Waals surface area contributed by atoms with Gasteiger partial charge >= 0.3 is 0 Å². The smallest absolute Gasteiger partial charge is 0.222 e. The zero-order valence-electron chi connectivity index (χ0n) is 12.8. The molecule has 1 aliphatic heterocycles. The van der Waals surface area contributed by atoms with Crippen molar-refractivity contribution in [3.8, 4) is 0 Å². The Labute approximate surface area is 126 Å². The van der Waals surface area contributed by atoms with Crippen molar-refractivity contribution in [3.63, 3.8) is 0 Å². The lowest BCUT2D eigenvalue weighted by Gasteiger charge is -2.24. The lowest BCUT2D eigenvalue weighted by molar-refractivity contribution is -0.130. The normalized spacial score (nSPS) is 22.7. The molecular weight excluding hydrogens is 268 g/mol. The molecule has 1 fully saturated rings. The largest absolute Gasteiger partial charge is 0.341 e. The van der Waals surface area contributed by atoms with Crippen LogP contribution in [0.3, 0.4) is 0 Å². The summed E-state index contributed by atoms with van der Waals surface area (Å²) in [4.78, 5) is 16.7. The fourth-order valence-corrected chi connectivity index (χ4v) is 3.84. The summed E-state index contributed by atoms with van der Waals surface area (Å²) in [6, 6.07) is 2.64. The van der Waals surface area contributed by atoms with Gasteiger partial charge in [-0.2, -0.15) is 11.3 Å². The summed E-state index contributed by atoms with van der Waals surface area (Å²) in [6.07, 6.45) is 3.95. The van der Waals surface area contributed by atoms with Gasteiger partial charge in [-0.25, -0.2) is 0 Å². The second-order valence-corrected chi connectivity index (χ2v) is 6.79. The molecule has 0 aliphatic carbocycles. The van der Waals surface area contributed by atoms with E-state index in [1.807, 2.05) is 0 Å². The Morgan fingerprint density at radius 3 is 2.85 bits per heavy atom. The highest BCUT2D eigenvalue weighted by Crippen LogP contribution is 2.25. The molecule has 2 rings (SSSR count). The molecule has 1 aliphatic rings. The number of nitrogens with zero attached hydrogens (tertiary/aromatic N) is 2. The van der Waals surface area contributed by atoms with Gasteiger partial charge in [-0.15, -0.1) is 0 Å². The van der Waals surface area contributed by atoms with Crippen molar-refractivity contribution in [2.24, 2.45) is 5.92 Å². The van der Waals surface area contributed by atoms with Crippen LogP contribution in [0.2, 0.25) is 0 Å². The average molecular weight is 294 g/mol. The van der Waals surface area contributed by atoms with Gasteiger partial charge < -0.3 is 9.80 Å². The maximum absolute atomic E-state index is 12.4. The predicted molar refractivity (Wildman–Crippen MR) is 85.1 cm³/mol. The Morgan fingerprint density at radius 2 is 2.25 bits per heavy atom.